The molecule has 0 radical (unpaired) electrons. The molecule has 0 aromatic carbocycles. The number of carbonyl (C=O) groups is 1. The van der Waals surface area contributed by atoms with Crippen LogP contribution in [-0.4, -0.2) is 35.8 Å². The number of alkyl halides is 3. The van der Waals surface area contributed by atoms with Crippen molar-refractivity contribution in [2.45, 2.75) is 32.9 Å². The summed E-state index contributed by atoms with van der Waals surface area (Å²) in [7, 11) is 1.30. The minimum absolute atomic E-state index is 0.114. The third-order valence-electron chi connectivity index (χ3n) is 5.91. The van der Waals surface area contributed by atoms with Gasteiger partial charge in [-0.1, -0.05) is 18.2 Å². The van der Waals surface area contributed by atoms with E-state index in [0.717, 1.165) is 11.1 Å². The van der Waals surface area contributed by atoms with E-state index in [-0.39, 0.29) is 12.1 Å². The molecule has 158 valence electrons. The molecular weight excluding hydrogens is 395 g/mol. The van der Waals surface area contributed by atoms with Crippen LogP contribution in [0.25, 0.3) is 0 Å². The second-order valence-electron chi connectivity index (χ2n) is 7.78. The summed E-state index contributed by atoms with van der Waals surface area (Å²) >= 11 is 0. The molecule has 0 saturated heterocycles. The van der Waals surface area contributed by atoms with E-state index >= 15 is 0 Å². The van der Waals surface area contributed by atoms with E-state index in [1.165, 1.54) is 7.11 Å². The van der Waals surface area contributed by atoms with Crippen LogP contribution < -0.4 is 4.90 Å². The van der Waals surface area contributed by atoms with Gasteiger partial charge in [0.1, 0.15) is 0 Å². The maximum Gasteiger partial charge on any atom is 0.392 e. The van der Waals surface area contributed by atoms with Crippen LogP contribution in [0, 0.1) is 25.7 Å². The Morgan fingerprint density at radius 3 is 2.67 bits per heavy atom. The van der Waals surface area contributed by atoms with Gasteiger partial charge in [0.05, 0.1) is 19.6 Å². The molecule has 1 aliphatic heterocycles. The summed E-state index contributed by atoms with van der Waals surface area (Å²) in [5.41, 5.74) is 3.99. The third-order valence-corrected chi connectivity index (χ3v) is 5.91. The van der Waals surface area contributed by atoms with Crippen molar-refractivity contribution in [1.29, 1.82) is 0 Å². The van der Waals surface area contributed by atoms with Crippen LogP contribution in [0.2, 0.25) is 0 Å². The van der Waals surface area contributed by atoms with Gasteiger partial charge in [-0.2, -0.15) is 13.2 Å². The highest BCUT2D eigenvalue weighted by atomic mass is 19.4. The first-order valence-electron chi connectivity index (χ1n) is 9.77. The lowest BCUT2D eigenvalue weighted by Gasteiger charge is -2.30. The molecule has 0 N–H and O–H groups in total. The van der Waals surface area contributed by atoms with Gasteiger partial charge in [-0.15, -0.1) is 0 Å². The van der Waals surface area contributed by atoms with Crippen molar-refractivity contribution in [2.24, 2.45) is 11.8 Å². The lowest BCUT2D eigenvalue weighted by molar-refractivity contribution is -0.184. The molecule has 0 fully saturated rings. The molecule has 2 aliphatic carbocycles. The van der Waals surface area contributed by atoms with Crippen molar-refractivity contribution in [1.82, 2.24) is 9.97 Å². The zero-order valence-electron chi connectivity index (χ0n) is 17.0. The molecule has 4 rings (SSSR count). The molecule has 0 spiro atoms. The minimum atomic E-state index is -4.22. The number of rotatable bonds is 3. The van der Waals surface area contributed by atoms with Gasteiger partial charge < -0.3 is 9.64 Å². The normalized spacial score (nSPS) is 23.1. The monoisotopic (exact) mass is 417 g/mol. The highest BCUT2D eigenvalue weighted by molar-refractivity contribution is 5.89. The van der Waals surface area contributed by atoms with E-state index in [1.807, 2.05) is 24.4 Å². The number of hydrogen-bond donors (Lipinski definition) is 0. The lowest BCUT2D eigenvalue weighted by atomic mass is 9.79. The lowest BCUT2D eigenvalue weighted by Crippen LogP contribution is -2.31. The number of aromatic nitrogens is 2. The van der Waals surface area contributed by atoms with Gasteiger partial charge in [-0.25, -0.2) is 14.8 Å². The number of nitrogens with zero attached hydrogens (tertiary/aromatic N) is 3. The van der Waals surface area contributed by atoms with Gasteiger partial charge in [-0.05, 0) is 49.5 Å². The first-order valence-corrected chi connectivity index (χ1v) is 9.77. The Kier molecular flexibility index (Phi) is 5.03. The number of anilines is 1. The summed E-state index contributed by atoms with van der Waals surface area (Å²) in [5, 5.41) is 0. The van der Waals surface area contributed by atoms with Crippen molar-refractivity contribution in [2.75, 3.05) is 18.6 Å². The fraction of sp³-hybridized carbons (Fsp3) is 0.409. The molecule has 2 unspecified atom stereocenters. The van der Waals surface area contributed by atoms with E-state index in [9.17, 15) is 18.0 Å². The number of halogens is 3. The summed E-state index contributed by atoms with van der Waals surface area (Å²) in [6, 6.07) is 0. The molecule has 1 aromatic rings. The van der Waals surface area contributed by atoms with Crippen LogP contribution in [0.3, 0.4) is 0 Å². The zero-order valence-corrected chi connectivity index (χ0v) is 17.0. The molecule has 0 amide bonds. The van der Waals surface area contributed by atoms with E-state index in [0.29, 0.717) is 35.7 Å². The molecule has 8 heteroatoms. The predicted octanol–water partition coefficient (Wildman–Crippen LogP) is 4.60. The Balaban J connectivity index is 1.62. The molecule has 30 heavy (non-hydrogen) atoms. The van der Waals surface area contributed by atoms with Gasteiger partial charge in [0, 0.05) is 23.4 Å². The topological polar surface area (TPSA) is 55.3 Å². The van der Waals surface area contributed by atoms with Crippen molar-refractivity contribution in [3.63, 3.8) is 0 Å². The summed E-state index contributed by atoms with van der Waals surface area (Å²) < 4.78 is 45.2. The summed E-state index contributed by atoms with van der Waals surface area (Å²) in [5.74, 6) is -2.18. The Morgan fingerprint density at radius 1 is 1.23 bits per heavy atom. The number of aryl methyl sites for hydroxylation is 1. The number of ether oxygens (including phenoxy) is 1. The molecule has 3 aliphatic rings. The fourth-order valence-corrected chi connectivity index (χ4v) is 4.15. The van der Waals surface area contributed by atoms with E-state index in [4.69, 9.17) is 4.74 Å². The van der Waals surface area contributed by atoms with E-state index in [2.05, 4.69) is 9.97 Å². The Labute approximate surface area is 172 Å². The number of carbonyl (C=O) groups excluding carboxylic acids is 1. The van der Waals surface area contributed by atoms with Crippen LogP contribution in [0.15, 0.2) is 47.2 Å². The van der Waals surface area contributed by atoms with Gasteiger partial charge >= 0.3 is 12.1 Å². The summed E-state index contributed by atoms with van der Waals surface area (Å²) in [4.78, 5) is 22.6. The summed E-state index contributed by atoms with van der Waals surface area (Å²) in [6.45, 7) is 3.99. The smallest absolute Gasteiger partial charge is 0.392 e. The standard InChI is InChI=1S/C22H22F3N3O2/c1-12-13(2)26-21(27-19(12)20(29)30-3)28-10-15-8-14(9-16(15)11-28)17-6-4-5-7-18(17)22(23,24)25/h4,6,8-10,17-18H,5,7,11H2,1-3H3. The Morgan fingerprint density at radius 2 is 2.00 bits per heavy atom. The first-order chi connectivity index (χ1) is 14.2. The van der Waals surface area contributed by atoms with Crippen molar-refractivity contribution in [3.8, 4) is 0 Å². The van der Waals surface area contributed by atoms with Crippen LogP contribution in [0.1, 0.15) is 34.6 Å². The highest BCUT2D eigenvalue weighted by Crippen LogP contribution is 2.45. The minimum Gasteiger partial charge on any atom is -0.464 e. The number of allylic oxidation sites excluding steroid dienone is 5. The molecule has 0 saturated carbocycles. The van der Waals surface area contributed by atoms with Gasteiger partial charge in [-0.3, -0.25) is 0 Å². The maximum atomic E-state index is 13.5. The fourth-order valence-electron chi connectivity index (χ4n) is 4.15. The van der Waals surface area contributed by atoms with Gasteiger partial charge in [0.2, 0.25) is 5.95 Å². The average Bonchev–Trinajstić information content (AvgIpc) is 3.28. The molecule has 2 atom stereocenters. The number of esters is 1. The number of methoxy groups -OCH3 is 1. The highest BCUT2D eigenvalue weighted by Gasteiger charge is 2.45. The Hall–Kier alpha value is -2.90. The van der Waals surface area contributed by atoms with Crippen LogP contribution >= 0.6 is 0 Å². The maximum absolute atomic E-state index is 13.5. The molecule has 1 aromatic heterocycles. The van der Waals surface area contributed by atoms with Crippen LogP contribution in [-0.2, 0) is 4.74 Å². The second kappa shape index (κ2) is 7.41. The molecule has 2 heterocycles. The summed E-state index contributed by atoms with van der Waals surface area (Å²) in [6.07, 6.45) is 5.33. The van der Waals surface area contributed by atoms with E-state index in [1.54, 1.807) is 24.8 Å². The predicted molar refractivity (Wildman–Crippen MR) is 106 cm³/mol. The molecule has 0 bridgehead atoms. The Bertz CT molecular complexity index is 1020. The van der Waals surface area contributed by atoms with Gasteiger partial charge in [0.15, 0.2) is 5.69 Å². The van der Waals surface area contributed by atoms with Crippen molar-refractivity contribution >= 4 is 11.9 Å². The van der Waals surface area contributed by atoms with Crippen molar-refractivity contribution in [3.05, 3.63) is 64.2 Å². The van der Waals surface area contributed by atoms with Crippen molar-refractivity contribution < 1.29 is 22.7 Å². The second-order valence-corrected chi connectivity index (χ2v) is 7.78. The number of hydrogen-bond acceptors (Lipinski definition) is 5. The first kappa shape index (κ1) is 20.4. The van der Waals surface area contributed by atoms with Crippen LogP contribution in [0.4, 0.5) is 19.1 Å². The SMILES string of the molecule is COC(=O)c1nc(N2C=C3C=C(C4C=CCCC4C(F)(F)F)C=C3C2)nc(C)c1C. The van der Waals surface area contributed by atoms with Gasteiger partial charge in [0.25, 0.3) is 0 Å². The average molecular weight is 417 g/mol. The number of fused-ring (bicyclic) bond motifs is 1. The quantitative estimate of drug-likeness (QED) is 0.532. The van der Waals surface area contributed by atoms with E-state index < -0.39 is 24.0 Å². The molecule has 5 nitrogen and oxygen atoms in total. The zero-order chi connectivity index (χ0) is 21.6. The largest absolute Gasteiger partial charge is 0.464 e. The van der Waals surface area contributed by atoms with Crippen LogP contribution in [0.5, 0.6) is 0 Å². The third kappa shape index (κ3) is 3.55. The molecular formula is C22H22F3N3O2.